The summed E-state index contributed by atoms with van der Waals surface area (Å²) in [5.74, 6) is 1.90. The Bertz CT molecular complexity index is 608. The van der Waals surface area contributed by atoms with Crippen molar-refractivity contribution in [2.45, 2.75) is 39.8 Å². The summed E-state index contributed by atoms with van der Waals surface area (Å²) in [5, 5.41) is 10.5. The molecule has 0 spiro atoms. The molecule has 0 bridgehead atoms. The monoisotopic (exact) mass is 435 g/mol. The third kappa shape index (κ3) is 5.24. The van der Waals surface area contributed by atoms with Crippen molar-refractivity contribution in [2.24, 2.45) is 4.99 Å². The number of aryl methyl sites for hydroxylation is 1. The number of thiazole rings is 1. The number of hydrogen-bond donors (Lipinski definition) is 2. The van der Waals surface area contributed by atoms with Crippen LogP contribution >= 0.6 is 35.3 Å². The Morgan fingerprint density at radius 2 is 2.09 bits per heavy atom. The van der Waals surface area contributed by atoms with Crippen molar-refractivity contribution in [3.8, 4) is 0 Å². The predicted octanol–water partition coefficient (Wildman–Crippen LogP) is 3.05. The summed E-state index contributed by atoms with van der Waals surface area (Å²) < 4.78 is 5.29. The van der Waals surface area contributed by atoms with Crippen molar-refractivity contribution in [3.63, 3.8) is 0 Å². The van der Waals surface area contributed by atoms with Gasteiger partial charge in [-0.3, -0.25) is 4.99 Å². The summed E-state index contributed by atoms with van der Waals surface area (Å²) in [6.45, 7) is 7.45. The third-order valence-electron chi connectivity index (χ3n) is 3.08. The molecule has 0 aliphatic rings. The van der Waals surface area contributed by atoms with Crippen molar-refractivity contribution in [1.82, 2.24) is 20.8 Å². The van der Waals surface area contributed by atoms with Crippen LogP contribution in [0.3, 0.4) is 0 Å². The highest BCUT2D eigenvalue weighted by Gasteiger charge is 2.08. The quantitative estimate of drug-likeness (QED) is 0.429. The molecular formula is C14H22IN5OS. The van der Waals surface area contributed by atoms with Gasteiger partial charge in [-0.15, -0.1) is 35.3 Å². The zero-order valence-electron chi connectivity index (χ0n) is 13.2. The largest absolute Gasteiger partial charge is 0.359 e. The average molecular weight is 435 g/mol. The van der Waals surface area contributed by atoms with Crippen LogP contribution in [0.5, 0.6) is 0 Å². The molecule has 0 amide bonds. The molecular weight excluding hydrogens is 413 g/mol. The summed E-state index contributed by atoms with van der Waals surface area (Å²) >= 11 is 1.64. The van der Waals surface area contributed by atoms with E-state index >= 15 is 0 Å². The van der Waals surface area contributed by atoms with Crippen molar-refractivity contribution < 1.29 is 4.52 Å². The Morgan fingerprint density at radius 3 is 2.64 bits per heavy atom. The fraction of sp³-hybridized carbons (Fsp3) is 0.500. The van der Waals surface area contributed by atoms with Crippen LogP contribution in [0.4, 0.5) is 0 Å². The lowest BCUT2D eigenvalue weighted by Crippen LogP contribution is -2.36. The van der Waals surface area contributed by atoms with Gasteiger partial charge in [-0.05, 0) is 12.8 Å². The summed E-state index contributed by atoms with van der Waals surface area (Å²) in [6, 6.07) is 1.97. The Balaban J connectivity index is 0.00000242. The first-order chi connectivity index (χ1) is 10.1. The maximum absolute atomic E-state index is 5.29. The Labute approximate surface area is 151 Å². The Kier molecular flexibility index (Phi) is 7.80. The number of nitrogens with zero attached hydrogens (tertiary/aromatic N) is 3. The summed E-state index contributed by atoms with van der Waals surface area (Å²) in [7, 11) is 1.74. The molecule has 2 rings (SSSR count). The normalized spacial score (nSPS) is 11.4. The van der Waals surface area contributed by atoms with Gasteiger partial charge >= 0.3 is 0 Å². The molecule has 2 N–H and O–H groups in total. The van der Waals surface area contributed by atoms with Crippen molar-refractivity contribution in [2.75, 3.05) is 7.05 Å². The predicted molar refractivity (Wildman–Crippen MR) is 99.9 cm³/mol. The number of aromatic nitrogens is 2. The second-order valence-corrected chi connectivity index (χ2v) is 5.95. The molecule has 0 fully saturated rings. The minimum Gasteiger partial charge on any atom is -0.359 e. The van der Waals surface area contributed by atoms with E-state index in [4.69, 9.17) is 4.52 Å². The zero-order chi connectivity index (χ0) is 15.2. The highest BCUT2D eigenvalue weighted by molar-refractivity contribution is 14.0. The van der Waals surface area contributed by atoms with E-state index in [0.29, 0.717) is 19.0 Å². The summed E-state index contributed by atoms with van der Waals surface area (Å²) in [5.41, 5.74) is 3.87. The molecule has 0 saturated heterocycles. The molecule has 2 aromatic rings. The van der Waals surface area contributed by atoms with Crippen molar-refractivity contribution in [3.05, 3.63) is 33.6 Å². The van der Waals surface area contributed by atoms with Gasteiger partial charge in [-0.1, -0.05) is 19.0 Å². The highest BCUT2D eigenvalue weighted by atomic mass is 127. The van der Waals surface area contributed by atoms with Crippen LogP contribution in [0, 0.1) is 6.92 Å². The first kappa shape index (κ1) is 18.9. The lowest BCUT2D eigenvalue weighted by atomic mass is 10.1. The molecule has 122 valence electrons. The minimum absolute atomic E-state index is 0. The van der Waals surface area contributed by atoms with Gasteiger partial charge in [0.05, 0.1) is 30.0 Å². The van der Waals surface area contributed by atoms with E-state index in [1.807, 2.05) is 18.5 Å². The fourth-order valence-corrected chi connectivity index (χ4v) is 2.45. The third-order valence-corrected chi connectivity index (χ3v) is 4.02. The maximum atomic E-state index is 5.29. The van der Waals surface area contributed by atoms with Gasteiger partial charge in [0.2, 0.25) is 0 Å². The van der Waals surface area contributed by atoms with Crippen LogP contribution in [-0.2, 0) is 13.1 Å². The summed E-state index contributed by atoms with van der Waals surface area (Å²) in [6.07, 6.45) is 0. The van der Waals surface area contributed by atoms with Crippen LogP contribution in [-0.4, -0.2) is 23.1 Å². The number of halogens is 1. The SMILES string of the molecule is CN=C(NCc1cc(C(C)C)no1)NCc1scnc1C.I. The molecule has 2 heterocycles. The molecule has 0 saturated carbocycles. The molecule has 8 heteroatoms. The number of aliphatic imine (C=N–C) groups is 1. The molecule has 0 atom stereocenters. The number of rotatable bonds is 5. The molecule has 6 nitrogen and oxygen atoms in total. The first-order valence-corrected chi connectivity index (χ1v) is 7.77. The molecule has 2 aromatic heterocycles. The summed E-state index contributed by atoms with van der Waals surface area (Å²) in [4.78, 5) is 9.63. The molecule has 0 aliphatic carbocycles. The van der Waals surface area contributed by atoms with E-state index in [9.17, 15) is 0 Å². The number of nitrogens with one attached hydrogen (secondary N) is 2. The first-order valence-electron chi connectivity index (χ1n) is 6.89. The van der Waals surface area contributed by atoms with Crippen LogP contribution < -0.4 is 10.6 Å². The standard InChI is InChI=1S/C14H21N5OS.HI/c1-9(2)12-5-11(20-19-12)6-16-14(15-4)17-7-13-10(3)18-8-21-13;/h5,8-9H,6-7H2,1-4H3,(H2,15,16,17);1H. The number of guanidine groups is 1. The second-order valence-electron chi connectivity index (χ2n) is 5.01. The Morgan fingerprint density at radius 1 is 1.36 bits per heavy atom. The Hall–Kier alpha value is -1.16. The molecule has 0 aromatic carbocycles. The van der Waals surface area contributed by atoms with E-state index < -0.39 is 0 Å². The van der Waals surface area contributed by atoms with Crippen LogP contribution in [0.2, 0.25) is 0 Å². The average Bonchev–Trinajstić information content (AvgIpc) is 3.08. The van der Waals surface area contributed by atoms with Crippen LogP contribution in [0.15, 0.2) is 21.1 Å². The highest BCUT2D eigenvalue weighted by Crippen LogP contribution is 2.14. The number of hydrogen-bond acceptors (Lipinski definition) is 5. The van der Waals surface area contributed by atoms with Gasteiger partial charge in [0.25, 0.3) is 0 Å². The minimum atomic E-state index is 0. The van der Waals surface area contributed by atoms with E-state index in [1.165, 1.54) is 4.88 Å². The molecule has 22 heavy (non-hydrogen) atoms. The topological polar surface area (TPSA) is 75.3 Å². The van der Waals surface area contributed by atoms with Gasteiger partial charge < -0.3 is 15.2 Å². The van der Waals surface area contributed by atoms with Gasteiger partial charge in [0.1, 0.15) is 0 Å². The van der Waals surface area contributed by atoms with E-state index in [-0.39, 0.29) is 24.0 Å². The maximum Gasteiger partial charge on any atom is 0.191 e. The van der Waals surface area contributed by atoms with E-state index in [0.717, 1.165) is 23.1 Å². The zero-order valence-corrected chi connectivity index (χ0v) is 16.4. The van der Waals surface area contributed by atoms with Crippen molar-refractivity contribution in [1.29, 1.82) is 0 Å². The van der Waals surface area contributed by atoms with Crippen molar-refractivity contribution >= 4 is 41.3 Å². The smallest absolute Gasteiger partial charge is 0.191 e. The molecule has 0 unspecified atom stereocenters. The van der Waals surface area contributed by atoms with Gasteiger partial charge in [-0.25, -0.2) is 4.98 Å². The van der Waals surface area contributed by atoms with Gasteiger partial charge in [0, 0.05) is 18.0 Å². The lowest BCUT2D eigenvalue weighted by Gasteiger charge is -2.09. The lowest BCUT2D eigenvalue weighted by molar-refractivity contribution is 0.372. The van der Waals surface area contributed by atoms with E-state index in [1.54, 1.807) is 18.4 Å². The van der Waals surface area contributed by atoms with Crippen LogP contribution in [0.1, 0.15) is 41.8 Å². The van der Waals surface area contributed by atoms with Gasteiger partial charge in [0.15, 0.2) is 11.7 Å². The molecule has 0 radical (unpaired) electrons. The molecule has 0 aliphatic heterocycles. The van der Waals surface area contributed by atoms with Gasteiger partial charge in [-0.2, -0.15) is 0 Å². The fourth-order valence-electron chi connectivity index (χ4n) is 1.74. The van der Waals surface area contributed by atoms with Crippen LogP contribution in [0.25, 0.3) is 0 Å². The van der Waals surface area contributed by atoms with E-state index in [2.05, 4.69) is 39.6 Å². The second kappa shape index (κ2) is 9.09.